The topological polar surface area (TPSA) is 93.3 Å². The standard InChI is InChI=1S/C16H19ClN4O2/c17-11-2-5-13(6-3-11)23-14-8-19-16(18)21-15(14)20-12-4-1-10(7-12)9-22/h2-3,5-6,8,10,12,22H,1,4,7,9H2,(H3,18,19,20,21)/t10-,12-/m1/s1. The summed E-state index contributed by atoms with van der Waals surface area (Å²) in [5.41, 5.74) is 5.69. The first-order valence-corrected chi connectivity index (χ1v) is 7.95. The van der Waals surface area contributed by atoms with Crippen LogP contribution in [0.5, 0.6) is 11.5 Å². The molecule has 23 heavy (non-hydrogen) atoms. The molecular weight excluding hydrogens is 316 g/mol. The zero-order valence-electron chi connectivity index (χ0n) is 12.6. The van der Waals surface area contributed by atoms with Gasteiger partial charge in [0.2, 0.25) is 5.95 Å². The maximum atomic E-state index is 9.26. The number of aliphatic hydroxyl groups excluding tert-OH is 1. The third-order valence-electron chi connectivity index (χ3n) is 3.96. The van der Waals surface area contributed by atoms with Gasteiger partial charge in [-0.05, 0) is 49.4 Å². The Hall–Kier alpha value is -2.05. The Kier molecular flexibility index (Phi) is 4.83. The van der Waals surface area contributed by atoms with Crippen LogP contribution in [0.4, 0.5) is 11.8 Å². The van der Waals surface area contributed by atoms with Crippen molar-refractivity contribution in [2.24, 2.45) is 5.92 Å². The molecule has 4 N–H and O–H groups in total. The number of aromatic nitrogens is 2. The third kappa shape index (κ3) is 4.03. The predicted octanol–water partition coefficient (Wildman–Crippen LogP) is 3.08. The van der Waals surface area contributed by atoms with E-state index in [1.807, 2.05) is 0 Å². The average Bonchev–Trinajstić information content (AvgIpc) is 3.00. The summed E-state index contributed by atoms with van der Waals surface area (Å²) in [6.45, 7) is 0.220. The van der Waals surface area contributed by atoms with E-state index in [2.05, 4.69) is 15.3 Å². The summed E-state index contributed by atoms with van der Waals surface area (Å²) in [7, 11) is 0. The largest absolute Gasteiger partial charge is 0.452 e. The van der Waals surface area contributed by atoms with Crippen molar-refractivity contribution in [1.82, 2.24) is 9.97 Å². The Morgan fingerprint density at radius 2 is 2.09 bits per heavy atom. The lowest BCUT2D eigenvalue weighted by Gasteiger charge is -2.16. The number of hydrogen-bond donors (Lipinski definition) is 3. The average molecular weight is 335 g/mol. The quantitative estimate of drug-likeness (QED) is 0.778. The van der Waals surface area contributed by atoms with Gasteiger partial charge in [-0.1, -0.05) is 11.6 Å². The number of rotatable bonds is 5. The molecule has 1 saturated carbocycles. The van der Waals surface area contributed by atoms with Crippen molar-refractivity contribution in [2.75, 3.05) is 17.7 Å². The highest BCUT2D eigenvalue weighted by Crippen LogP contribution is 2.32. The van der Waals surface area contributed by atoms with Crippen LogP contribution in [0.15, 0.2) is 30.5 Å². The second kappa shape index (κ2) is 7.02. The van der Waals surface area contributed by atoms with Gasteiger partial charge in [-0.15, -0.1) is 0 Å². The molecule has 0 spiro atoms. The summed E-state index contributed by atoms with van der Waals surface area (Å²) < 4.78 is 5.83. The first-order valence-electron chi connectivity index (χ1n) is 7.57. The summed E-state index contributed by atoms with van der Waals surface area (Å²) in [5, 5.41) is 13.3. The van der Waals surface area contributed by atoms with Crippen LogP contribution in [0.1, 0.15) is 19.3 Å². The van der Waals surface area contributed by atoms with Gasteiger partial charge < -0.3 is 20.9 Å². The van der Waals surface area contributed by atoms with Crippen LogP contribution >= 0.6 is 11.6 Å². The van der Waals surface area contributed by atoms with Crippen LogP contribution in [0.25, 0.3) is 0 Å². The number of hydrogen-bond acceptors (Lipinski definition) is 6. The molecule has 7 heteroatoms. The molecule has 1 aromatic heterocycles. The molecule has 0 saturated heterocycles. The molecule has 0 bridgehead atoms. The molecule has 0 unspecified atom stereocenters. The van der Waals surface area contributed by atoms with E-state index in [0.717, 1.165) is 19.3 Å². The number of halogens is 1. The second-order valence-electron chi connectivity index (χ2n) is 5.70. The van der Waals surface area contributed by atoms with E-state index in [1.165, 1.54) is 0 Å². The Bertz CT molecular complexity index is 666. The molecular formula is C16H19ClN4O2. The zero-order chi connectivity index (χ0) is 16.2. The minimum absolute atomic E-state index is 0.188. The number of nitrogen functional groups attached to an aromatic ring is 1. The smallest absolute Gasteiger partial charge is 0.222 e. The van der Waals surface area contributed by atoms with Crippen LogP contribution < -0.4 is 15.8 Å². The molecule has 2 aromatic rings. The molecule has 2 atom stereocenters. The number of anilines is 2. The first-order chi connectivity index (χ1) is 11.1. The number of aliphatic hydroxyl groups is 1. The van der Waals surface area contributed by atoms with Crippen LogP contribution in [0, 0.1) is 5.92 Å². The van der Waals surface area contributed by atoms with Gasteiger partial charge in [-0.25, -0.2) is 4.98 Å². The van der Waals surface area contributed by atoms with E-state index in [0.29, 0.717) is 28.3 Å². The molecule has 1 fully saturated rings. The van der Waals surface area contributed by atoms with E-state index in [4.69, 9.17) is 22.1 Å². The Balaban J connectivity index is 1.76. The van der Waals surface area contributed by atoms with Crippen LogP contribution in [-0.2, 0) is 0 Å². The van der Waals surface area contributed by atoms with Crippen molar-refractivity contribution in [3.8, 4) is 11.5 Å². The normalized spacial score (nSPS) is 20.4. The van der Waals surface area contributed by atoms with Gasteiger partial charge in [-0.3, -0.25) is 0 Å². The zero-order valence-corrected chi connectivity index (χ0v) is 13.3. The lowest BCUT2D eigenvalue weighted by atomic mass is 10.1. The highest BCUT2D eigenvalue weighted by molar-refractivity contribution is 6.30. The predicted molar refractivity (Wildman–Crippen MR) is 89.8 cm³/mol. The summed E-state index contributed by atoms with van der Waals surface area (Å²) in [5.74, 6) is 2.25. The van der Waals surface area contributed by atoms with E-state index in [-0.39, 0.29) is 18.6 Å². The van der Waals surface area contributed by atoms with Gasteiger partial charge in [0.15, 0.2) is 11.6 Å². The van der Waals surface area contributed by atoms with Crippen molar-refractivity contribution in [2.45, 2.75) is 25.3 Å². The molecule has 0 amide bonds. The van der Waals surface area contributed by atoms with Gasteiger partial charge in [0.25, 0.3) is 0 Å². The molecule has 122 valence electrons. The van der Waals surface area contributed by atoms with E-state index in [1.54, 1.807) is 30.5 Å². The van der Waals surface area contributed by atoms with Crippen LogP contribution in [0.3, 0.4) is 0 Å². The maximum Gasteiger partial charge on any atom is 0.222 e. The Labute approximate surface area is 139 Å². The number of nitrogens with one attached hydrogen (secondary N) is 1. The van der Waals surface area contributed by atoms with Crippen molar-refractivity contribution >= 4 is 23.4 Å². The summed E-state index contributed by atoms with van der Waals surface area (Å²) in [6, 6.07) is 7.31. The maximum absolute atomic E-state index is 9.26. The fraction of sp³-hybridized carbons (Fsp3) is 0.375. The summed E-state index contributed by atoms with van der Waals surface area (Å²) in [6.07, 6.45) is 4.44. The van der Waals surface area contributed by atoms with Crippen molar-refractivity contribution in [3.63, 3.8) is 0 Å². The minimum Gasteiger partial charge on any atom is -0.452 e. The molecule has 1 aromatic carbocycles. The third-order valence-corrected chi connectivity index (χ3v) is 4.21. The Morgan fingerprint density at radius 1 is 1.30 bits per heavy atom. The van der Waals surface area contributed by atoms with Crippen molar-refractivity contribution < 1.29 is 9.84 Å². The van der Waals surface area contributed by atoms with Gasteiger partial charge in [0, 0.05) is 17.7 Å². The van der Waals surface area contributed by atoms with E-state index >= 15 is 0 Å². The first kappa shape index (κ1) is 15.8. The van der Waals surface area contributed by atoms with E-state index < -0.39 is 0 Å². The fourth-order valence-corrected chi connectivity index (χ4v) is 2.88. The molecule has 1 aliphatic rings. The molecule has 6 nitrogen and oxygen atoms in total. The molecule has 1 heterocycles. The second-order valence-corrected chi connectivity index (χ2v) is 6.14. The van der Waals surface area contributed by atoms with Gasteiger partial charge in [0.05, 0.1) is 6.20 Å². The van der Waals surface area contributed by atoms with Crippen molar-refractivity contribution in [1.29, 1.82) is 0 Å². The lowest BCUT2D eigenvalue weighted by molar-refractivity contribution is 0.229. The number of nitrogens with two attached hydrogens (primary N) is 1. The molecule has 0 aliphatic heterocycles. The van der Waals surface area contributed by atoms with Crippen LogP contribution in [-0.4, -0.2) is 27.7 Å². The molecule has 3 rings (SSSR count). The molecule has 1 aliphatic carbocycles. The fourth-order valence-electron chi connectivity index (χ4n) is 2.76. The van der Waals surface area contributed by atoms with E-state index in [9.17, 15) is 5.11 Å². The van der Waals surface area contributed by atoms with Gasteiger partial charge in [-0.2, -0.15) is 4.98 Å². The monoisotopic (exact) mass is 334 g/mol. The van der Waals surface area contributed by atoms with Gasteiger partial charge >= 0.3 is 0 Å². The number of ether oxygens (including phenoxy) is 1. The summed E-state index contributed by atoms with van der Waals surface area (Å²) in [4.78, 5) is 8.24. The van der Waals surface area contributed by atoms with Gasteiger partial charge in [0.1, 0.15) is 5.75 Å². The summed E-state index contributed by atoms with van der Waals surface area (Å²) >= 11 is 5.88. The highest BCUT2D eigenvalue weighted by atomic mass is 35.5. The number of nitrogens with zero attached hydrogens (tertiary/aromatic N) is 2. The molecule has 0 radical (unpaired) electrons. The van der Waals surface area contributed by atoms with Crippen LogP contribution in [0.2, 0.25) is 5.02 Å². The van der Waals surface area contributed by atoms with Crippen molar-refractivity contribution in [3.05, 3.63) is 35.5 Å². The number of benzene rings is 1. The minimum atomic E-state index is 0.188. The SMILES string of the molecule is Nc1ncc(Oc2ccc(Cl)cc2)c(N[C@@H]2CC[C@@H](CO)C2)n1. The highest BCUT2D eigenvalue weighted by Gasteiger charge is 2.25. The Morgan fingerprint density at radius 3 is 2.78 bits per heavy atom. The lowest BCUT2D eigenvalue weighted by Crippen LogP contribution is -2.18.